The van der Waals surface area contributed by atoms with Gasteiger partial charge in [-0.05, 0) is 42.1 Å². The van der Waals surface area contributed by atoms with Gasteiger partial charge in [0.15, 0.2) is 9.84 Å². The highest BCUT2D eigenvalue weighted by Gasteiger charge is 2.32. The van der Waals surface area contributed by atoms with Gasteiger partial charge in [0.2, 0.25) is 0 Å². The van der Waals surface area contributed by atoms with Crippen LogP contribution < -0.4 is 10.2 Å². The highest BCUT2D eigenvalue weighted by molar-refractivity contribution is 7.90. The van der Waals surface area contributed by atoms with Gasteiger partial charge in [0, 0.05) is 11.8 Å². The highest BCUT2D eigenvalue weighted by atomic mass is 32.2. The molecule has 27 heavy (non-hydrogen) atoms. The molecule has 0 bridgehead atoms. The second-order valence-electron chi connectivity index (χ2n) is 6.19. The Hall–Kier alpha value is -2.87. The molecule has 0 unspecified atom stereocenters. The number of carbonyl (C=O) groups excluding carboxylic acids is 1. The number of rotatable bonds is 6. The largest absolute Gasteiger partial charge is 0.442 e. The van der Waals surface area contributed by atoms with Crippen LogP contribution in [0.2, 0.25) is 0 Å². The predicted octanol–water partition coefficient (Wildman–Crippen LogP) is 2.95. The maximum Gasteiger partial charge on any atom is 0.414 e. The minimum absolute atomic E-state index is 0.169. The Morgan fingerprint density at radius 3 is 2.59 bits per heavy atom. The summed E-state index contributed by atoms with van der Waals surface area (Å²) in [6, 6.07) is 10.4. The van der Waals surface area contributed by atoms with E-state index >= 15 is 0 Å². The average molecular weight is 390 g/mol. The van der Waals surface area contributed by atoms with E-state index in [4.69, 9.17) is 4.74 Å². The number of amides is 1. The van der Waals surface area contributed by atoms with E-state index in [1.165, 1.54) is 29.3 Å². The van der Waals surface area contributed by atoms with Gasteiger partial charge in [-0.3, -0.25) is 4.90 Å². The number of anilines is 1. The van der Waals surface area contributed by atoms with Crippen LogP contribution >= 0.6 is 0 Å². The Morgan fingerprint density at radius 2 is 2.00 bits per heavy atom. The summed E-state index contributed by atoms with van der Waals surface area (Å²) in [7, 11) is -3.31. The number of benzene rings is 2. The van der Waals surface area contributed by atoms with E-state index in [2.05, 4.69) is 11.9 Å². The molecule has 1 aliphatic heterocycles. The molecular formula is C19H19FN2O4S. The van der Waals surface area contributed by atoms with Gasteiger partial charge in [-0.2, -0.15) is 0 Å². The monoisotopic (exact) mass is 390 g/mol. The van der Waals surface area contributed by atoms with Crippen LogP contribution in [0.4, 0.5) is 14.9 Å². The summed E-state index contributed by atoms with van der Waals surface area (Å²) >= 11 is 0. The van der Waals surface area contributed by atoms with Gasteiger partial charge >= 0.3 is 6.09 Å². The number of nitrogens with zero attached hydrogens (tertiary/aromatic N) is 1. The number of sulfone groups is 1. The third-order valence-electron chi connectivity index (χ3n) is 4.22. The number of ether oxygens (including phenoxy) is 1. The molecule has 0 spiro atoms. The van der Waals surface area contributed by atoms with E-state index in [-0.39, 0.29) is 11.0 Å². The van der Waals surface area contributed by atoms with Gasteiger partial charge in [0.05, 0.1) is 23.7 Å². The molecule has 1 amide bonds. The van der Waals surface area contributed by atoms with E-state index in [0.29, 0.717) is 29.9 Å². The molecule has 0 aromatic heterocycles. The van der Waals surface area contributed by atoms with E-state index in [1.54, 1.807) is 24.3 Å². The number of hydrogen-bond acceptors (Lipinski definition) is 5. The van der Waals surface area contributed by atoms with Crippen LogP contribution in [0.5, 0.6) is 0 Å². The van der Waals surface area contributed by atoms with Crippen molar-refractivity contribution in [3.05, 3.63) is 61.1 Å². The van der Waals surface area contributed by atoms with Crippen molar-refractivity contribution in [2.75, 3.05) is 24.2 Å². The van der Waals surface area contributed by atoms with Crippen molar-refractivity contribution in [2.24, 2.45) is 0 Å². The Kier molecular flexibility index (Phi) is 5.18. The summed E-state index contributed by atoms with van der Waals surface area (Å²) in [5.74, 6) is -0.514. The number of cyclic esters (lactones) is 1. The first-order valence-electron chi connectivity index (χ1n) is 8.22. The zero-order valence-electron chi connectivity index (χ0n) is 14.7. The van der Waals surface area contributed by atoms with Gasteiger partial charge in [0.1, 0.15) is 11.9 Å². The molecule has 2 aromatic rings. The second kappa shape index (κ2) is 7.40. The predicted molar refractivity (Wildman–Crippen MR) is 101 cm³/mol. The number of halogens is 1. The van der Waals surface area contributed by atoms with Gasteiger partial charge in [-0.25, -0.2) is 17.6 Å². The maximum atomic E-state index is 14.6. The fraction of sp³-hybridized carbons (Fsp3) is 0.211. The smallest absolute Gasteiger partial charge is 0.414 e. The van der Waals surface area contributed by atoms with Gasteiger partial charge in [-0.1, -0.05) is 18.7 Å². The van der Waals surface area contributed by atoms with Crippen LogP contribution in [0, 0.1) is 5.82 Å². The van der Waals surface area contributed by atoms with Crippen molar-refractivity contribution in [2.45, 2.75) is 11.0 Å². The van der Waals surface area contributed by atoms with Gasteiger partial charge < -0.3 is 10.1 Å². The van der Waals surface area contributed by atoms with E-state index in [1.807, 2.05) is 0 Å². The lowest BCUT2D eigenvalue weighted by atomic mass is 10.0. The maximum absolute atomic E-state index is 14.6. The van der Waals surface area contributed by atoms with Crippen molar-refractivity contribution < 1.29 is 22.3 Å². The normalized spacial score (nSPS) is 16.9. The van der Waals surface area contributed by atoms with Gasteiger partial charge in [0.25, 0.3) is 0 Å². The molecule has 0 saturated carbocycles. The van der Waals surface area contributed by atoms with E-state index in [0.717, 1.165) is 6.26 Å². The minimum Gasteiger partial charge on any atom is -0.442 e. The summed E-state index contributed by atoms with van der Waals surface area (Å²) in [5.41, 5.74) is 1.26. The van der Waals surface area contributed by atoms with Crippen molar-refractivity contribution >= 4 is 21.6 Å². The first kappa shape index (κ1) is 18.9. The lowest BCUT2D eigenvalue weighted by molar-refractivity contribution is 0.142. The lowest BCUT2D eigenvalue weighted by Crippen LogP contribution is -2.28. The summed E-state index contributed by atoms with van der Waals surface area (Å²) in [4.78, 5) is 13.6. The molecule has 0 radical (unpaired) electrons. The van der Waals surface area contributed by atoms with Crippen molar-refractivity contribution in [3.8, 4) is 11.1 Å². The fourth-order valence-corrected chi connectivity index (χ4v) is 3.47. The Balaban J connectivity index is 1.82. The average Bonchev–Trinajstić information content (AvgIpc) is 3.00. The molecule has 6 nitrogen and oxygen atoms in total. The third kappa shape index (κ3) is 4.11. The quantitative estimate of drug-likeness (QED) is 0.821. The fourth-order valence-electron chi connectivity index (χ4n) is 2.84. The molecular weight excluding hydrogens is 371 g/mol. The van der Waals surface area contributed by atoms with Gasteiger partial charge in [-0.15, -0.1) is 0 Å². The van der Waals surface area contributed by atoms with Crippen molar-refractivity contribution in [1.29, 1.82) is 0 Å². The van der Waals surface area contributed by atoms with Crippen LogP contribution in [0.1, 0.15) is 0 Å². The molecule has 1 aliphatic rings. The topological polar surface area (TPSA) is 75.7 Å². The number of carbonyl (C=O) groups is 1. The lowest BCUT2D eigenvalue weighted by Gasteiger charge is -2.14. The van der Waals surface area contributed by atoms with Crippen LogP contribution in [0.3, 0.4) is 0 Å². The molecule has 142 valence electrons. The summed E-state index contributed by atoms with van der Waals surface area (Å²) in [6.45, 7) is 4.28. The third-order valence-corrected chi connectivity index (χ3v) is 5.35. The molecule has 1 N–H and O–H groups in total. The molecule has 8 heteroatoms. The standard InChI is InChI=1S/C19H19FN2O4S/c1-3-21-11-15-12-22(19(23)26-15)14-6-9-17(18(20)10-14)13-4-7-16(8-5-13)27(2,24)25/h3-10,15,21H,1,11-12H2,2H3/t15-/m0/s1. The molecule has 1 fully saturated rings. The Morgan fingerprint density at radius 1 is 1.30 bits per heavy atom. The molecule has 0 aliphatic carbocycles. The zero-order valence-corrected chi connectivity index (χ0v) is 15.5. The Labute approximate surface area is 157 Å². The number of hydrogen-bond donors (Lipinski definition) is 1. The molecule has 2 aromatic carbocycles. The summed E-state index contributed by atoms with van der Waals surface area (Å²) in [5, 5.41) is 2.88. The van der Waals surface area contributed by atoms with Crippen LogP contribution in [-0.2, 0) is 14.6 Å². The molecule has 1 atom stereocenters. The van der Waals surface area contributed by atoms with E-state index in [9.17, 15) is 17.6 Å². The molecule has 1 saturated heterocycles. The van der Waals surface area contributed by atoms with Crippen molar-refractivity contribution in [3.63, 3.8) is 0 Å². The first-order valence-corrected chi connectivity index (χ1v) is 10.1. The summed E-state index contributed by atoms with van der Waals surface area (Å²) in [6.07, 6.45) is 1.75. The van der Waals surface area contributed by atoms with Crippen LogP contribution in [-0.4, -0.2) is 40.0 Å². The minimum atomic E-state index is -3.31. The second-order valence-corrected chi connectivity index (χ2v) is 8.21. The highest BCUT2D eigenvalue weighted by Crippen LogP contribution is 2.29. The zero-order chi connectivity index (χ0) is 19.6. The summed E-state index contributed by atoms with van der Waals surface area (Å²) < 4.78 is 42.9. The number of nitrogens with one attached hydrogen (secondary N) is 1. The first-order chi connectivity index (χ1) is 12.8. The molecule has 3 rings (SSSR count). The Bertz CT molecular complexity index is 974. The van der Waals surface area contributed by atoms with Crippen LogP contribution in [0.25, 0.3) is 11.1 Å². The van der Waals surface area contributed by atoms with Crippen molar-refractivity contribution in [1.82, 2.24) is 5.32 Å². The van der Waals surface area contributed by atoms with Crippen LogP contribution in [0.15, 0.2) is 60.1 Å². The SMILES string of the molecule is C=CNC[C@H]1CN(c2ccc(-c3ccc(S(C)(=O)=O)cc3)c(F)c2)C(=O)O1. The molecule has 1 heterocycles. The van der Waals surface area contributed by atoms with E-state index < -0.39 is 21.7 Å².